The summed E-state index contributed by atoms with van der Waals surface area (Å²) in [4.78, 5) is 39.7. The number of aryl methyl sites for hydroxylation is 1. The highest BCUT2D eigenvalue weighted by Gasteiger charge is 2.33. The smallest absolute Gasteiger partial charge is 0.307 e. The second-order valence-electron chi connectivity index (χ2n) is 5.01. The van der Waals surface area contributed by atoms with Crippen LogP contribution in [0.5, 0.6) is 0 Å². The number of nitrogens with one attached hydrogen (secondary N) is 1. The van der Waals surface area contributed by atoms with Crippen LogP contribution in [0.4, 0.5) is 5.13 Å². The summed E-state index contributed by atoms with van der Waals surface area (Å²) in [5, 5.41) is 11.9. The molecule has 1 aliphatic carbocycles. The molecule has 0 aliphatic heterocycles. The number of Topliss-reactive ketones (excluding diaryl/α,β-unsaturated/α-hetero) is 1. The van der Waals surface area contributed by atoms with Crippen molar-refractivity contribution in [3.05, 3.63) is 34.2 Å². The molecule has 0 radical (unpaired) electrons. The van der Waals surface area contributed by atoms with E-state index in [1.165, 1.54) is 6.26 Å². The molecule has 1 amide bonds. The summed E-state index contributed by atoms with van der Waals surface area (Å²) in [6.45, 7) is 1.67. The number of aromatic nitrogens is 1. The Morgan fingerprint density at radius 2 is 2.23 bits per heavy atom. The number of carboxylic acids is 1. The van der Waals surface area contributed by atoms with Gasteiger partial charge in [0.05, 0.1) is 28.3 Å². The van der Waals surface area contributed by atoms with Gasteiger partial charge in [0, 0.05) is 12.8 Å². The molecule has 0 aromatic carbocycles. The molecule has 0 bridgehead atoms. The van der Waals surface area contributed by atoms with E-state index in [1.54, 1.807) is 13.0 Å². The van der Waals surface area contributed by atoms with Crippen molar-refractivity contribution in [1.29, 1.82) is 0 Å². The van der Waals surface area contributed by atoms with Crippen LogP contribution in [0.15, 0.2) is 16.7 Å². The maximum atomic E-state index is 12.1. The van der Waals surface area contributed by atoms with Crippen LogP contribution in [0, 0.1) is 12.8 Å². The first-order chi connectivity index (χ1) is 10.5. The van der Waals surface area contributed by atoms with Crippen molar-refractivity contribution < 1.29 is 23.9 Å². The molecule has 22 heavy (non-hydrogen) atoms. The molecule has 114 valence electrons. The number of rotatable bonds is 3. The van der Waals surface area contributed by atoms with Crippen molar-refractivity contribution >= 4 is 34.1 Å². The minimum Gasteiger partial charge on any atom is -0.481 e. The fourth-order valence-electron chi connectivity index (χ4n) is 2.34. The van der Waals surface area contributed by atoms with E-state index in [0.29, 0.717) is 21.9 Å². The highest BCUT2D eigenvalue weighted by atomic mass is 32.1. The first kappa shape index (κ1) is 14.5. The summed E-state index contributed by atoms with van der Waals surface area (Å²) in [6.07, 6.45) is 1.59. The number of carbonyl (C=O) groups is 3. The molecule has 0 saturated carbocycles. The zero-order chi connectivity index (χ0) is 15.9. The monoisotopic (exact) mass is 320 g/mol. The van der Waals surface area contributed by atoms with Gasteiger partial charge >= 0.3 is 5.97 Å². The highest BCUT2D eigenvalue weighted by Crippen LogP contribution is 2.32. The van der Waals surface area contributed by atoms with Gasteiger partial charge in [-0.25, -0.2) is 4.98 Å². The number of nitrogens with zero attached hydrogens (tertiary/aromatic N) is 1. The zero-order valence-corrected chi connectivity index (χ0v) is 12.4. The topological polar surface area (TPSA) is 110 Å². The molecule has 3 rings (SSSR count). The summed E-state index contributed by atoms with van der Waals surface area (Å²) in [6, 6.07) is 1.55. The average molecular weight is 320 g/mol. The van der Waals surface area contributed by atoms with Crippen molar-refractivity contribution in [3.8, 4) is 0 Å². The average Bonchev–Trinajstić information content (AvgIpc) is 3.04. The van der Waals surface area contributed by atoms with E-state index in [-0.39, 0.29) is 29.7 Å². The maximum absolute atomic E-state index is 12.1. The Hall–Kier alpha value is -2.48. The molecule has 1 atom stereocenters. The van der Waals surface area contributed by atoms with Gasteiger partial charge in [0.1, 0.15) is 5.76 Å². The van der Waals surface area contributed by atoms with Gasteiger partial charge in [0.15, 0.2) is 10.9 Å². The third-order valence-corrected chi connectivity index (χ3v) is 4.55. The Balaban J connectivity index is 1.82. The van der Waals surface area contributed by atoms with Gasteiger partial charge in [-0.3, -0.25) is 19.7 Å². The first-order valence-electron chi connectivity index (χ1n) is 6.57. The summed E-state index contributed by atoms with van der Waals surface area (Å²) in [5.74, 6) is -1.89. The Morgan fingerprint density at radius 1 is 1.45 bits per heavy atom. The molecule has 0 fully saturated rings. The Labute approximate surface area is 129 Å². The predicted molar refractivity (Wildman–Crippen MR) is 77.3 cm³/mol. The number of thiazole rings is 1. The number of aliphatic carboxylic acids is 1. The standard InChI is InChI=1S/C14H12N2O5S/c1-6-8(2-3-21-6)12(18)16-14-15-9-4-7(13(19)20)5-10(17)11(9)22-14/h2-3,7H,4-5H2,1H3,(H,19,20)(H,15,16,18). The minimum atomic E-state index is -1.01. The lowest BCUT2D eigenvalue weighted by Crippen LogP contribution is -2.25. The summed E-state index contributed by atoms with van der Waals surface area (Å²) in [5.41, 5.74) is 0.829. The molecule has 7 nitrogen and oxygen atoms in total. The molecule has 1 aliphatic rings. The van der Waals surface area contributed by atoms with Crippen molar-refractivity contribution in [2.75, 3.05) is 5.32 Å². The van der Waals surface area contributed by atoms with Gasteiger partial charge in [-0.05, 0) is 13.0 Å². The van der Waals surface area contributed by atoms with Crippen LogP contribution in [-0.2, 0) is 11.2 Å². The Morgan fingerprint density at radius 3 is 2.86 bits per heavy atom. The van der Waals surface area contributed by atoms with Crippen LogP contribution in [0.25, 0.3) is 0 Å². The molecule has 8 heteroatoms. The van der Waals surface area contributed by atoms with Gasteiger partial charge in [0.2, 0.25) is 0 Å². The third kappa shape index (κ3) is 2.52. The first-order valence-corrected chi connectivity index (χ1v) is 7.38. The SMILES string of the molecule is Cc1occc1C(=O)Nc1nc2c(s1)C(=O)CC(C(=O)O)C2. The summed E-state index contributed by atoms with van der Waals surface area (Å²) in [7, 11) is 0. The van der Waals surface area contributed by atoms with E-state index in [9.17, 15) is 14.4 Å². The minimum absolute atomic E-state index is 0.0290. The number of hydrogen-bond donors (Lipinski definition) is 2. The maximum Gasteiger partial charge on any atom is 0.307 e. The third-order valence-electron chi connectivity index (χ3n) is 3.50. The van der Waals surface area contributed by atoms with Crippen LogP contribution < -0.4 is 5.32 Å². The van der Waals surface area contributed by atoms with Crippen molar-refractivity contribution in [1.82, 2.24) is 4.98 Å². The van der Waals surface area contributed by atoms with Gasteiger partial charge in [-0.1, -0.05) is 11.3 Å². The number of carboxylic acid groups (broad SMARTS) is 1. The Kier molecular flexibility index (Phi) is 3.53. The fourth-order valence-corrected chi connectivity index (χ4v) is 3.28. The normalized spacial score (nSPS) is 17.1. The number of carbonyl (C=O) groups excluding carboxylic acids is 2. The predicted octanol–water partition coefficient (Wildman–Crippen LogP) is 2.13. The number of ketones is 1. The van der Waals surface area contributed by atoms with E-state index in [4.69, 9.17) is 9.52 Å². The van der Waals surface area contributed by atoms with E-state index in [0.717, 1.165) is 11.3 Å². The van der Waals surface area contributed by atoms with E-state index < -0.39 is 11.9 Å². The van der Waals surface area contributed by atoms with Crippen molar-refractivity contribution in [2.24, 2.45) is 5.92 Å². The van der Waals surface area contributed by atoms with Crippen LogP contribution >= 0.6 is 11.3 Å². The zero-order valence-electron chi connectivity index (χ0n) is 11.6. The lowest BCUT2D eigenvalue weighted by molar-refractivity contribution is -0.141. The Bertz CT molecular complexity index is 776. The van der Waals surface area contributed by atoms with Crippen LogP contribution in [0.2, 0.25) is 0 Å². The van der Waals surface area contributed by atoms with E-state index in [1.807, 2.05) is 0 Å². The highest BCUT2D eigenvalue weighted by molar-refractivity contribution is 7.17. The molecule has 1 unspecified atom stereocenters. The van der Waals surface area contributed by atoms with Gasteiger partial charge in [-0.2, -0.15) is 0 Å². The van der Waals surface area contributed by atoms with Crippen molar-refractivity contribution in [2.45, 2.75) is 19.8 Å². The van der Waals surface area contributed by atoms with E-state index in [2.05, 4.69) is 10.3 Å². The molecule has 0 spiro atoms. The summed E-state index contributed by atoms with van der Waals surface area (Å²) >= 11 is 1.07. The molecular weight excluding hydrogens is 308 g/mol. The van der Waals surface area contributed by atoms with Crippen molar-refractivity contribution in [3.63, 3.8) is 0 Å². The number of anilines is 1. The molecule has 0 saturated heterocycles. The molecule has 2 aromatic rings. The second-order valence-corrected chi connectivity index (χ2v) is 6.01. The van der Waals surface area contributed by atoms with E-state index >= 15 is 0 Å². The molecule has 2 aromatic heterocycles. The fraction of sp³-hybridized carbons (Fsp3) is 0.286. The quantitative estimate of drug-likeness (QED) is 0.896. The summed E-state index contributed by atoms with van der Waals surface area (Å²) < 4.78 is 5.06. The molecular formula is C14H12N2O5S. The number of furan rings is 1. The number of fused-ring (bicyclic) bond motifs is 1. The largest absolute Gasteiger partial charge is 0.481 e. The van der Waals surface area contributed by atoms with Gasteiger partial charge in [0.25, 0.3) is 5.91 Å². The second kappa shape index (κ2) is 5.38. The lowest BCUT2D eigenvalue weighted by atomic mass is 9.90. The van der Waals surface area contributed by atoms with Crippen LogP contribution in [-0.4, -0.2) is 27.8 Å². The number of hydrogen-bond acceptors (Lipinski definition) is 6. The molecule has 2 heterocycles. The van der Waals surface area contributed by atoms with Crippen LogP contribution in [0.1, 0.15) is 37.9 Å². The lowest BCUT2D eigenvalue weighted by Gasteiger charge is -2.15. The van der Waals surface area contributed by atoms with Gasteiger partial charge in [-0.15, -0.1) is 0 Å². The van der Waals surface area contributed by atoms with Gasteiger partial charge < -0.3 is 9.52 Å². The molecule has 2 N–H and O–H groups in total. The number of amides is 1. The van der Waals surface area contributed by atoms with Crippen LogP contribution in [0.3, 0.4) is 0 Å².